The van der Waals surface area contributed by atoms with E-state index in [9.17, 15) is 4.79 Å². The highest BCUT2D eigenvalue weighted by atomic mass is 16.5. The molecule has 2 N–H and O–H groups in total. The van der Waals surface area contributed by atoms with Gasteiger partial charge in [-0.1, -0.05) is 18.2 Å². The van der Waals surface area contributed by atoms with Crippen LogP contribution in [0.5, 0.6) is 5.75 Å². The topological polar surface area (TPSA) is 93.7 Å². The lowest BCUT2D eigenvalue weighted by molar-refractivity contribution is -0.129. The molecule has 2 heterocycles. The number of hydrogen-bond donors (Lipinski definition) is 1. The second-order valence-corrected chi connectivity index (χ2v) is 7.96. The van der Waals surface area contributed by atoms with Gasteiger partial charge in [0, 0.05) is 25.0 Å². The minimum atomic E-state index is -1.22. The molecule has 1 aromatic heterocycles. The van der Waals surface area contributed by atoms with Crippen LogP contribution < -0.4 is 10.5 Å². The molecule has 0 unspecified atom stereocenters. The SMILES string of the molecule is COc1ccc2c(c1C)CCc1ccc(-c3cncnc3)cc1[C@@]21N=C(N)N(C)C1=O. The summed E-state index contributed by atoms with van der Waals surface area (Å²) >= 11 is 0. The van der Waals surface area contributed by atoms with Gasteiger partial charge in [-0.05, 0) is 65.3 Å². The summed E-state index contributed by atoms with van der Waals surface area (Å²) in [7, 11) is 3.33. The number of hydrogen-bond acceptors (Lipinski definition) is 6. The third-order valence-electron chi connectivity index (χ3n) is 6.44. The maximum atomic E-state index is 13.8. The van der Waals surface area contributed by atoms with E-state index in [2.05, 4.69) is 16.0 Å². The van der Waals surface area contributed by atoms with Crippen LogP contribution in [0.25, 0.3) is 11.1 Å². The quantitative estimate of drug-likeness (QED) is 0.697. The number of carbonyl (C=O) groups excluding carboxylic acids is 1. The number of fused-ring (bicyclic) bond motifs is 4. The normalized spacial score (nSPS) is 19.6. The van der Waals surface area contributed by atoms with Gasteiger partial charge in [0.05, 0.1) is 7.11 Å². The average molecular weight is 413 g/mol. The molecule has 5 rings (SSSR count). The molecule has 1 amide bonds. The van der Waals surface area contributed by atoms with Gasteiger partial charge in [-0.15, -0.1) is 0 Å². The van der Waals surface area contributed by atoms with Gasteiger partial charge < -0.3 is 10.5 Å². The lowest BCUT2D eigenvalue weighted by atomic mass is 9.78. The van der Waals surface area contributed by atoms with E-state index in [0.717, 1.165) is 57.5 Å². The summed E-state index contributed by atoms with van der Waals surface area (Å²) in [4.78, 5) is 28.3. The smallest absolute Gasteiger partial charge is 0.266 e. The van der Waals surface area contributed by atoms with E-state index in [0.29, 0.717) is 0 Å². The summed E-state index contributed by atoms with van der Waals surface area (Å²) in [5.74, 6) is 0.865. The first-order valence-electron chi connectivity index (χ1n) is 10.2. The van der Waals surface area contributed by atoms with Crippen molar-refractivity contribution in [1.29, 1.82) is 0 Å². The molecule has 7 nitrogen and oxygen atoms in total. The minimum absolute atomic E-state index is 0.152. The summed E-state index contributed by atoms with van der Waals surface area (Å²) in [5.41, 5.74) is 11.7. The van der Waals surface area contributed by atoms with Gasteiger partial charge in [-0.3, -0.25) is 9.69 Å². The van der Waals surface area contributed by atoms with Gasteiger partial charge in [0.2, 0.25) is 0 Å². The second kappa shape index (κ2) is 6.91. The van der Waals surface area contributed by atoms with Crippen molar-refractivity contribution >= 4 is 11.9 Å². The van der Waals surface area contributed by atoms with E-state index in [4.69, 9.17) is 15.5 Å². The van der Waals surface area contributed by atoms with E-state index in [1.54, 1.807) is 26.6 Å². The molecule has 1 spiro atoms. The molecule has 2 aliphatic rings. The van der Waals surface area contributed by atoms with Crippen LogP contribution in [-0.4, -0.2) is 40.9 Å². The summed E-state index contributed by atoms with van der Waals surface area (Å²) in [6.07, 6.45) is 6.60. The highest BCUT2D eigenvalue weighted by molar-refractivity contribution is 6.09. The Morgan fingerprint density at radius 1 is 1.06 bits per heavy atom. The summed E-state index contributed by atoms with van der Waals surface area (Å²) in [5, 5.41) is 0. The number of guanidine groups is 1. The van der Waals surface area contributed by atoms with Crippen molar-refractivity contribution in [3.63, 3.8) is 0 Å². The van der Waals surface area contributed by atoms with Crippen LogP contribution in [0.15, 0.2) is 54.0 Å². The summed E-state index contributed by atoms with van der Waals surface area (Å²) in [6, 6.07) is 10.0. The number of aryl methyl sites for hydroxylation is 1. The Morgan fingerprint density at radius 3 is 2.52 bits per heavy atom. The molecule has 1 aliphatic carbocycles. The van der Waals surface area contributed by atoms with E-state index < -0.39 is 5.54 Å². The van der Waals surface area contributed by atoms with Crippen LogP contribution in [0, 0.1) is 6.92 Å². The summed E-state index contributed by atoms with van der Waals surface area (Å²) in [6.45, 7) is 2.03. The molecule has 1 aliphatic heterocycles. The zero-order chi connectivity index (χ0) is 21.8. The Morgan fingerprint density at radius 2 is 1.84 bits per heavy atom. The Kier molecular flexibility index (Phi) is 4.28. The first-order valence-corrected chi connectivity index (χ1v) is 10.2. The van der Waals surface area contributed by atoms with Crippen molar-refractivity contribution in [2.24, 2.45) is 10.7 Å². The minimum Gasteiger partial charge on any atom is -0.496 e. The number of nitrogens with zero attached hydrogens (tertiary/aromatic N) is 4. The Hall–Kier alpha value is -3.74. The van der Waals surface area contributed by atoms with Crippen LogP contribution in [0.4, 0.5) is 0 Å². The van der Waals surface area contributed by atoms with Crippen molar-refractivity contribution < 1.29 is 9.53 Å². The number of methoxy groups -OCH3 is 1. The predicted molar refractivity (Wildman–Crippen MR) is 118 cm³/mol. The van der Waals surface area contributed by atoms with Crippen molar-refractivity contribution in [1.82, 2.24) is 14.9 Å². The molecule has 2 aromatic carbocycles. The standard InChI is InChI=1S/C24H23N5O2/c1-14-18-7-6-15-4-5-16(17-11-26-13-27-12-17)10-20(15)24(19(18)8-9-21(14)31-3)22(30)29(2)23(25)28-24/h4-5,8-13H,6-7H2,1-3H3,(H2,25,28)/t24-/m0/s1. The van der Waals surface area contributed by atoms with Gasteiger partial charge >= 0.3 is 0 Å². The fraction of sp³-hybridized carbons (Fsp3) is 0.250. The zero-order valence-corrected chi connectivity index (χ0v) is 17.7. The Labute approximate surface area is 180 Å². The van der Waals surface area contributed by atoms with Crippen LogP contribution in [0.3, 0.4) is 0 Å². The fourth-order valence-corrected chi connectivity index (χ4v) is 4.77. The lowest BCUT2D eigenvalue weighted by Crippen LogP contribution is -2.41. The third kappa shape index (κ3) is 2.66. The van der Waals surface area contributed by atoms with Crippen molar-refractivity contribution in [2.75, 3.05) is 14.2 Å². The molecule has 1 atom stereocenters. The van der Waals surface area contributed by atoms with E-state index in [-0.39, 0.29) is 11.9 Å². The molecule has 0 bridgehead atoms. The zero-order valence-electron chi connectivity index (χ0n) is 17.7. The Balaban J connectivity index is 1.84. The highest BCUT2D eigenvalue weighted by Crippen LogP contribution is 2.47. The molecule has 7 heteroatoms. The van der Waals surface area contributed by atoms with E-state index in [1.807, 2.05) is 31.2 Å². The maximum absolute atomic E-state index is 13.8. The molecule has 0 radical (unpaired) electrons. The van der Waals surface area contributed by atoms with E-state index >= 15 is 0 Å². The monoisotopic (exact) mass is 413 g/mol. The first-order chi connectivity index (χ1) is 15.0. The lowest BCUT2D eigenvalue weighted by Gasteiger charge is -2.29. The van der Waals surface area contributed by atoms with Gasteiger partial charge in [-0.25, -0.2) is 15.0 Å². The third-order valence-corrected chi connectivity index (χ3v) is 6.44. The number of rotatable bonds is 2. The Bertz CT molecular complexity index is 1240. The number of ether oxygens (including phenoxy) is 1. The number of carbonyl (C=O) groups is 1. The highest BCUT2D eigenvalue weighted by Gasteiger charge is 2.52. The first kappa shape index (κ1) is 19.2. The molecular weight excluding hydrogens is 390 g/mol. The molecule has 3 aromatic rings. The van der Waals surface area contributed by atoms with Gasteiger partial charge in [0.25, 0.3) is 5.91 Å². The fourth-order valence-electron chi connectivity index (χ4n) is 4.77. The van der Waals surface area contributed by atoms with Crippen molar-refractivity contribution in [3.05, 3.63) is 76.9 Å². The van der Waals surface area contributed by atoms with Crippen LogP contribution >= 0.6 is 0 Å². The van der Waals surface area contributed by atoms with Gasteiger partial charge in [-0.2, -0.15) is 0 Å². The van der Waals surface area contributed by atoms with Crippen molar-refractivity contribution in [3.8, 4) is 16.9 Å². The number of aliphatic imine (C=N–C) groups is 1. The number of aromatic nitrogens is 2. The summed E-state index contributed by atoms with van der Waals surface area (Å²) < 4.78 is 5.56. The predicted octanol–water partition coefficient (Wildman–Crippen LogP) is 2.59. The molecule has 31 heavy (non-hydrogen) atoms. The number of benzene rings is 2. The average Bonchev–Trinajstić information content (AvgIpc) is 2.94. The second-order valence-electron chi connectivity index (χ2n) is 7.96. The van der Waals surface area contributed by atoms with Crippen LogP contribution in [0.2, 0.25) is 0 Å². The van der Waals surface area contributed by atoms with Crippen LogP contribution in [0.1, 0.15) is 27.8 Å². The van der Waals surface area contributed by atoms with E-state index in [1.165, 1.54) is 11.2 Å². The number of amides is 1. The molecular formula is C24H23N5O2. The number of nitrogens with two attached hydrogens (primary N) is 1. The molecule has 0 saturated heterocycles. The van der Waals surface area contributed by atoms with Gasteiger partial charge in [0.15, 0.2) is 11.5 Å². The molecule has 0 saturated carbocycles. The van der Waals surface area contributed by atoms with Crippen LogP contribution in [-0.2, 0) is 23.2 Å². The molecule has 0 fully saturated rings. The largest absolute Gasteiger partial charge is 0.496 e. The maximum Gasteiger partial charge on any atom is 0.266 e. The molecule has 156 valence electrons. The van der Waals surface area contributed by atoms with Gasteiger partial charge in [0.1, 0.15) is 12.1 Å². The van der Waals surface area contributed by atoms with Crippen molar-refractivity contribution in [2.45, 2.75) is 25.3 Å². The number of likely N-dealkylation sites (N-methyl/N-ethyl adjacent to an activating group) is 1.